The summed E-state index contributed by atoms with van der Waals surface area (Å²) in [5.74, 6) is -0.400. The quantitative estimate of drug-likeness (QED) is 0.337. The molecule has 3 rings (SSSR count). The van der Waals surface area contributed by atoms with Gasteiger partial charge in [0.1, 0.15) is 11.3 Å². The van der Waals surface area contributed by atoms with E-state index in [9.17, 15) is 14.4 Å². The number of amides is 3. The highest BCUT2D eigenvalue weighted by Gasteiger charge is 2.41. The van der Waals surface area contributed by atoms with Gasteiger partial charge in [-0.15, -0.1) is 0 Å². The van der Waals surface area contributed by atoms with Crippen LogP contribution in [-0.4, -0.2) is 23.4 Å². The van der Waals surface area contributed by atoms with Crippen molar-refractivity contribution in [2.45, 2.75) is 25.3 Å². The molecule has 0 bridgehead atoms. The zero-order chi connectivity index (χ0) is 20.1. The van der Waals surface area contributed by atoms with E-state index in [0.29, 0.717) is 23.6 Å². The van der Waals surface area contributed by atoms with Gasteiger partial charge < -0.3 is 10.1 Å². The number of halogens is 1. The molecular formula is C21H19ClN2O4. The van der Waals surface area contributed by atoms with Gasteiger partial charge in [0.25, 0.3) is 5.91 Å². The van der Waals surface area contributed by atoms with Crippen LogP contribution < -0.4 is 15.4 Å². The van der Waals surface area contributed by atoms with Crippen LogP contribution in [0.2, 0.25) is 5.02 Å². The molecule has 7 heteroatoms. The number of hydrogen-bond acceptors (Lipinski definition) is 4. The second-order valence-electron chi connectivity index (χ2n) is 6.69. The van der Waals surface area contributed by atoms with Gasteiger partial charge in [-0.05, 0) is 61.2 Å². The van der Waals surface area contributed by atoms with Gasteiger partial charge in [-0.1, -0.05) is 35.9 Å². The molecule has 3 amide bonds. The van der Waals surface area contributed by atoms with Crippen molar-refractivity contribution in [3.8, 4) is 5.75 Å². The van der Waals surface area contributed by atoms with E-state index in [2.05, 4.69) is 10.6 Å². The number of urea groups is 1. The maximum Gasteiger partial charge on any atom is 0.336 e. The first kappa shape index (κ1) is 19.6. The number of imide groups is 1. The third-order valence-electron chi connectivity index (χ3n) is 4.43. The van der Waals surface area contributed by atoms with Gasteiger partial charge in [-0.2, -0.15) is 0 Å². The van der Waals surface area contributed by atoms with E-state index >= 15 is 0 Å². The van der Waals surface area contributed by atoms with E-state index in [4.69, 9.17) is 16.3 Å². The molecule has 1 fully saturated rings. The third-order valence-corrected chi connectivity index (χ3v) is 4.67. The summed E-state index contributed by atoms with van der Waals surface area (Å²) in [6.45, 7) is 1.69. The van der Waals surface area contributed by atoms with Crippen molar-refractivity contribution in [3.63, 3.8) is 0 Å². The van der Waals surface area contributed by atoms with Crippen LogP contribution in [0.25, 0.3) is 6.08 Å². The first-order chi connectivity index (χ1) is 13.3. The van der Waals surface area contributed by atoms with Crippen molar-refractivity contribution in [1.82, 2.24) is 10.6 Å². The zero-order valence-corrected chi connectivity index (χ0v) is 16.0. The molecule has 0 aliphatic carbocycles. The molecular weight excluding hydrogens is 380 g/mol. The first-order valence-electron chi connectivity index (χ1n) is 8.72. The smallest absolute Gasteiger partial charge is 0.336 e. The van der Waals surface area contributed by atoms with Crippen LogP contribution in [0, 0.1) is 0 Å². The lowest BCUT2D eigenvalue weighted by molar-refractivity contribution is -0.129. The van der Waals surface area contributed by atoms with Crippen molar-refractivity contribution in [3.05, 3.63) is 70.8 Å². The number of nitrogens with one attached hydrogen (secondary N) is 2. The summed E-state index contributed by atoms with van der Waals surface area (Å²) < 4.78 is 5.27. The van der Waals surface area contributed by atoms with Gasteiger partial charge in [0.15, 0.2) is 0 Å². The van der Waals surface area contributed by atoms with E-state index in [1.165, 1.54) is 6.08 Å². The summed E-state index contributed by atoms with van der Waals surface area (Å²) in [6, 6.07) is 13.7. The van der Waals surface area contributed by atoms with Crippen LogP contribution in [0.1, 0.15) is 24.5 Å². The van der Waals surface area contributed by atoms with Gasteiger partial charge in [0.2, 0.25) is 0 Å². The Bertz CT molecular complexity index is 940. The molecule has 2 N–H and O–H groups in total. The molecule has 0 saturated carbocycles. The Morgan fingerprint density at radius 1 is 1.18 bits per heavy atom. The monoisotopic (exact) mass is 398 g/mol. The minimum atomic E-state index is -0.909. The van der Waals surface area contributed by atoms with Crippen LogP contribution >= 0.6 is 11.6 Å². The highest BCUT2D eigenvalue weighted by Crippen LogP contribution is 2.20. The summed E-state index contributed by atoms with van der Waals surface area (Å²) in [4.78, 5) is 35.0. The summed E-state index contributed by atoms with van der Waals surface area (Å²) in [6.07, 6.45) is 4.02. The molecule has 1 aliphatic heterocycles. The molecule has 1 saturated heterocycles. The van der Waals surface area contributed by atoms with Crippen molar-refractivity contribution in [2.24, 2.45) is 0 Å². The maximum absolute atomic E-state index is 11.9. The number of carbonyl (C=O) groups is 3. The zero-order valence-electron chi connectivity index (χ0n) is 15.2. The number of rotatable bonds is 6. The first-order valence-corrected chi connectivity index (χ1v) is 9.10. The van der Waals surface area contributed by atoms with E-state index in [-0.39, 0.29) is 5.91 Å². The Kier molecular flexibility index (Phi) is 5.80. The van der Waals surface area contributed by atoms with E-state index in [1.807, 2.05) is 18.2 Å². The topological polar surface area (TPSA) is 84.5 Å². The number of ether oxygens (including phenoxy) is 1. The molecule has 6 nitrogen and oxygen atoms in total. The van der Waals surface area contributed by atoms with Gasteiger partial charge in [0.05, 0.1) is 0 Å². The predicted molar refractivity (Wildman–Crippen MR) is 106 cm³/mol. The molecule has 2 aromatic rings. The fourth-order valence-electron chi connectivity index (χ4n) is 2.80. The largest absolute Gasteiger partial charge is 0.423 e. The number of benzene rings is 2. The summed E-state index contributed by atoms with van der Waals surface area (Å²) >= 11 is 5.90. The van der Waals surface area contributed by atoms with Crippen molar-refractivity contribution in [2.75, 3.05) is 0 Å². The molecule has 0 radical (unpaired) electrons. The Balaban J connectivity index is 1.53. The molecule has 1 atom stereocenters. The summed E-state index contributed by atoms with van der Waals surface area (Å²) in [7, 11) is 0. The fraction of sp³-hybridized carbons (Fsp3) is 0.190. The lowest BCUT2D eigenvalue weighted by atomic mass is 9.93. The van der Waals surface area contributed by atoms with Crippen LogP contribution in [0.5, 0.6) is 5.75 Å². The minimum Gasteiger partial charge on any atom is -0.423 e. The lowest BCUT2D eigenvalue weighted by Crippen LogP contribution is -2.43. The Labute approximate surface area is 167 Å². The number of aryl methyl sites for hydroxylation is 1. The second-order valence-corrected chi connectivity index (χ2v) is 7.13. The normalized spacial score (nSPS) is 18.8. The van der Waals surface area contributed by atoms with Gasteiger partial charge in [-0.3, -0.25) is 10.1 Å². The lowest BCUT2D eigenvalue weighted by Gasteiger charge is -2.20. The van der Waals surface area contributed by atoms with E-state index in [0.717, 1.165) is 11.1 Å². The molecule has 1 aliphatic rings. The molecule has 0 unspecified atom stereocenters. The summed E-state index contributed by atoms with van der Waals surface area (Å²) in [5.41, 5.74) is 0.855. The van der Waals surface area contributed by atoms with Crippen LogP contribution in [0.3, 0.4) is 0 Å². The average molecular weight is 399 g/mol. The van der Waals surface area contributed by atoms with E-state index in [1.54, 1.807) is 43.3 Å². The van der Waals surface area contributed by atoms with Crippen LogP contribution in [0.15, 0.2) is 54.6 Å². The van der Waals surface area contributed by atoms with Crippen molar-refractivity contribution >= 4 is 35.6 Å². The van der Waals surface area contributed by atoms with E-state index < -0.39 is 17.5 Å². The fourth-order valence-corrected chi connectivity index (χ4v) is 3.00. The average Bonchev–Trinajstić information content (AvgIpc) is 2.91. The molecule has 28 heavy (non-hydrogen) atoms. The van der Waals surface area contributed by atoms with Gasteiger partial charge in [0, 0.05) is 11.1 Å². The van der Waals surface area contributed by atoms with Crippen LogP contribution in [0.4, 0.5) is 4.79 Å². The van der Waals surface area contributed by atoms with Crippen molar-refractivity contribution in [1.29, 1.82) is 0 Å². The van der Waals surface area contributed by atoms with Crippen LogP contribution in [-0.2, 0) is 16.0 Å². The minimum absolute atomic E-state index is 0.324. The maximum atomic E-state index is 11.9. The molecule has 0 aromatic heterocycles. The third kappa shape index (κ3) is 4.98. The molecule has 0 spiro atoms. The van der Waals surface area contributed by atoms with Gasteiger partial charge in [-0.25, -0.2) is 9.59 Å². The van der Waals surface area contributed by atoms with Gasteiger partial charge >= 0.3 is 12.0 Å². The Morgan fingerprint density at radius 2 is 1.93 bits per heavy atom. The number of esters is 1. The molecule has 2 aromatic carbocycles. The highest BCUT2D eigenvalue weighted by atomic mass is 35.5. The Hall–Kier alpha value is -3.12. The number of hydrogen-bond donors (Lipinski definition) is 2. The SMILES string of the molecule is C[C@@]1(CCc2ccc(OC(=O)/C=C/c3cccc(Cl)c3)cc2)NC(=O)NC1=O. The molecule has 1 heterocycles. The number of carbonyl (C=O) groups excluding carboxylic acids is 3. The standard InChI is InChI=1S/C21H19ClN2O4/c1-21(19(26)23-20(27)24-21)12-11-14-5-8-17(9-6-14)28-18(25)10-7-15-3-2-4-16(22)13-15/h2-10,13H,11-12H2,1H3,(H2,23,24,26,27)/b10-7+/t21-/m0/s1. The predicted octanol–water partition coefficient (Wildman–Crippen LogP) is 3.49. The second kappa shape index (κ2) is 8.27. The summed E-state index contributed by atoms with van der Waals surface area (Å²) in [5, 5.41) is 5.47. The van der Waals surface area contributed by atoms with Crippen molar-refractivity contribution < 1.29 is 19.1 Å². The Morgan fingerprint density at radius 3 is 2.57 bits per heavy atom. The molecule has 144 valence electrons. The highest BCUT2D eigenvalue weighted by molar-refractivity contribution is 6.30.